The minimum absolute atomic E-state index is 0.756. The minimum atomic E-state index is -2.16. The standard InChI is InChI=1S/C30H52O26/c31-1-6-11(35)16(40)18(42)27(50-6)48-5-10-12(36)17(41)19(43)28(53-10)55-24-14(38)8(3-33)52-30(21(24)45)56-25-15(39)9(4-34)51-29(22(25)46)54-23-13(37)7(2-32)49-26(47)20(23)44/h6-47H,1-5H2/t6-,7-,8-,9-,10-,11-,12-,13-,14-,15-,16+,17+,18-,19-,20-,21-,22-,23+,24+,25+,26?,27-,28+,29+,30+/m1/s1. The van der Waals surface area contributed by atoms with Crippen LogP contribution in [0.2, 0.25) is 0 Å². The van der Waals surface area contributed by atoms with Crippen molar-refractivity contribution < 1.29 is 129 Å². The first-order valence-electron chi connectivity index (χ1n) is 17.6. The summed E-state index contributed by atoms with van der Waals surface area (Å²) in [5.74, 6) is 0. The van der Waals surface area contributed by atoms with Crippen LogP contribution < -0.4 is 0 Å². The van der Waals surface area contributed by atoms with Crippen LogP contribution in [0.5, 0.6) is 0 Å². The largest absolute Gasteiger partial charge is 0.394 e. The van der Waals surface area contributed by atoms with Crippen molar-refractivity contribution in [2.24, 2.45) is 0 Å². The molecule has 0 aromatic heterocycles. The zero-order chi connectivity index (χ0) is 41.3. The van der Waals surface area contributed by atoms with Gasteiger partial charge in [-0.15, -0.1) is 0 Å². The summed E-state index contributed by atoms with van der Waals surface area (Å²) in [4.78, 5) is 0. The molecule has 5 aliphatic heterocycles. The van der Waals surface area contributed by atoms with Crippen LogP contribution in [0, 0.1) is 0 Å². The molecule has 5 saturated heterocycles. The second kappa shape index (κ2) is 19.6. The molecule has 17 N–H and O–H groups in total. The Morgan fingerprint density at radius 1 is 0.304 bits per heavy atom. The molecule has 1 unspecified atom stereocenters. The molecule has 0 spiro atoms. The SMILES string of the molecule is OC[C@H]1O[C@@H](OC[C@H]2O[C@@H](O[C@@H]3[C@@H](O)[C@H](O[C@@H]4[C@@H](O)[C@H](O[C@H]5[C@H](O)[C@@H](CO)OC(O)[C@@H]5O)O[C@H](CO)[C@H]4O)O[C@H](CO)[C@H]3O)[C@H](O)[C@@H](O)[C@@H]2O)[C@H](O)[C@@H](O)[C@@H]1O. The van der Waals surface area contributed by atoms with E-state index >= 15 is 0 Å². The van der Waals surface area contributed by atoms with Crippen molar-refractivity contribution in [3.63, 3.8) is 0 Å². The van der Waals surface area contributed by atoms with Gasteiger partial charge < -0.3 is 129 Å². The minimum Gasteiger partial charge on any atom is -0.394 e. The number of aliphatic hydroxyl groups is 17. The molecule has 0 bridgehead atoms. The molecule has 5 heterocycles. The lowest BCUT2D eigenvalue weighted by Crippen LogP contribution is -2.68. The second-order valence-corrected chi connectivity index (χ2v) is 14.0. The third-order valence-corrected chi connectivity index (χ3v) is 10.3. The first-order valence-corrected chi connectivity index (χ1v) is 17.6. The molecule has 0 saturated carbocycles. The van der Waals surface area contributed by atoms with Crippen molar-refractivity contribution in [1.29, 1.82) is 0 Å². The molecule has 0 aromatic carbocycles. The molecular formula is C30H52O26. The lowest BCUT2D eigenvalue weighted by Gasteiger charge is -2.49. The Bertz CT molecular complexity index is 1210. The van der Waals surface area contributed by atoms with Crippen molar-refractivity contribution in [2.75, 3.05) is 33.0 Å². The van der Waals surface area contributed by atoms with Crippen LogP contribution in [-0.2, 0) is 42.6 Å². The Morgan fingerprint density at radius 2 is 0.625 bits per heavy atom. The molecule has 56 heavy (non-hydrogen) atoms. The number of hydrogen-bond acceptors (Lipinski definition) is 26. The summed E-state index contributed by atoms with van der Waals surface area (Å²) in [6.45, 7) is -4.30. The van der Waals surface area contributed by atoms with E-state index in [2.05, 4.69) is 0 Å². The summed E-state index contributed by atoms with van der Waals surface area (Å²) in [6, 6.07) is 0. The van der Waals surface area contributed by atoms with Gasteiger partial charge in [0.15, 0.2) is 31.5 Å². The molecule has 0 aromatic rings. The number of rotatable bonds is 13. The van der Waals surface area contributed by atoms with Gasteiger partial charge in [-0.05, 0) is 0 Å². The number of aliphatic hydroxyl groups excluding tert-OH is 17. The first kappa shape index (κ1) is 46.0. The molecule has 0 amide bonds. The van der Waals surface area contributed by atoms with Gasteiger partial charge in [-0.1, -0.05) is 0 Å². The topological polar surface area (TPSA) is 427 Å². The highest BCUT2D eigenvalue weighted by atomic mass is 16.8. The summed E-state index contributed by atoms with van der Waals surface area (Å²) >= 11 is 0. The summed E-state index contributed by atoms with van der Waals surface area (Å²) in [5, 5.41) is 176. The van der Waals surface area contributed by atoms with Gasteiger partial charge in [-0.2, -0.15) is 0 Å². The van der Waals surface area contributed by atoms with Crippen molar-refractivity contribution in [1.82, 2.24) is 0 Å². The van der Waals surface area contributed by atoms with Gasteiger partial charge in [0.25, 0.3) is 0 Å². The zero-order valence-electron chi connectivity index (χ0n) is 29.2. The highest BCUT2D eigenvalue weighted by Gasteiger charge is 2.56. The van der Waals surface area contributed by atoms with Crippen LogP contribution in [-0.4, -0.2) is 273 Å². The Kier molecular flexibility index (Phi) is 16.1. The van der Waals surface area contributed by atoms with Gasteiger partial charge in [-0.3, -0.25) is 0 Å². The number of ether oxygens (including phenoxy) is 9. The molecule has 5 fully saturated rings. The van der Waals surface area contributed by atoms with Crippen LogP contribution in [0.25, 0.3) is 0 Å². The van der Waals surface area contributed by atoms with E-state index in [1.54, 1.807) is 0 Å². The van der Waals surface area contributed by atoms with Gasteiger partial charge in [0.1, 0.15) is 122 Å². The Hall–Kier alpha value is -1.04. The molecule has 26 heteroatoms. The predicted octanol–water partition coefficient (Wildman–Crippen LogP) is -11.9. The maximum Gasteiger partial charge on any atom is 0.187 e. The summed E-state index contributed by atoms with van der Waals surface area (Å²) in [6.07, 6.45) is -46.5. The van der Waals surface area contributed by atoms with Crippen LogP contribution in [0.4, 0.5) is 0 Å². The van der Waals surface area contributed by atoms with Crippen molar-refractivity contribution >= 4 is 0 Å². The monoisotopic (exact) mass is 828 g/mol. The van der Waals surface area contributed by atoms with Crippen LogP contribution in [0.3, 0.4) is 0 Å². The summed E-state index contributed by atoms with van der Waals surface area (Å²) in [5.41, 5.74) is 0. The number of hydrogen-bond donors (Lipinski definition) is 17. The highest BCUT2D eigenvalue weighted by Crippen LogP contribution is 2.34. The van der Waals surface area contributed by atoms with Gasteiger partial charge in [-0.25, -0.2) is 0 Å². The highest BCUT2D eigenvalue weighted by molar-refractivity contribution is 4.98. The average molecular weight is 829 g/mol. The van der Waals surface area contributed by atoms with E-state index in [-0.39, 0.29) is 0 Å². The third kappa shape index (κ3) is 9.31. The van der Waals surface area contributed by atoms with E-state index in [1.807, 2.05) is 0 Å². The zero-order valence-corrected chi connectivity index (χ0v) is 29.2. The Balaban J connectivity index is 1.29. The molecule has 25 atom stereocenters. The predicted molar refractivity (Wildman–Crippen MR) is 167 cm³/mol. The van der Waals surface area contributed by atoms with Crippen LogP contribution >= 0.6 is 0 Å². The third-order valence-electron chi connectivity index (χ3n) is 10.3. The molecule has 26 nitrogen and oxygen atoms in total. The van der Waals surface area contributed by atoms with Gasteiger partial charge in [0.2, 0.25) is 0 Å². The van der Waals surface area contributed by atoms with E-state index in [4.69, 9.17) is 42.6 Å². The molecule has 5 aliphatic rings. The van der Waals surface area contributed by atoms with Crippen LogP contribution in [0.1, 0.15) is 0 Å². The molecule has 5 rings (SSSR count). The molecule has 328 valence electrons. The molecule has 0 radical (unpaired) electrons. The van der Waals surface area contributed by atoms with Gasteiger partial charge >= 0.3 is 0 Å². The Labute approximate surface area is 316 Å². The average Bonchev–Trinajstić information content (AvgIpc) is 3.18. The molecule has 0 aliphatic carbocycles. The quantitative estimate of drug-likeness (QED) is 0.0819. The van der Waals surface area contributed by atoms with E-state index in [0.29, 0.717) is 0 Å². The normalized spacial score (nSPS) is 53.2. The summed E-state index contributed by atoms with van der Waals surface area (Å²) in [7, 11) is 0. The fraction of sp³-hybridized carbons (Fsp3) is 1.00. The van der Waals surface area contributed by atoms with Gasteiger partial charge in [0.05, 0.1) is 33.0 Å². The van der Waals surface area contributed by atoms with E-state index < -0.39 is 187 Å². The van der Waals surface area contributed by atoms with Crippen molar-refractivity contribution in [3.8, 4) is 0 Å². The maximum atomic E-state index is 11.3. The van der Waals surface area contributed by atoms with Crippen LogP contribution in [0.15, 0.2) is 0 Å². The maximum absolute atomic E-state index is 11.3. The van der Waals surface area contributed by atoms with Crippen molar-refractivity contribution in [2.45, 2.75) is 154 Å². The summed E-state index contributed by atoms with van der Waals surface area (Å²) < 4.78 is 48.8. The van der Waals surface area contributed by atoms with E-state index in [0.717, 1.165) is 0 Å². The molecular weight excluding hydrogens is 776 g/mol. The lowest BCUT2D eigenvalue weighted by molar-refractivity contribution is -0.390. The van der Waals surface area contributed by atoms with E-state index in [1.165, 1.54) is 0 Å². The smallest absolute Gasteiger partial charge is 0.187 e. The van der Waals surface area contributed by atoms with Gasteiger partial charge in [0, 0.05) is 0 Å². The Morgan fingerprint density at radius 3 is 1.07 bits per heavy atom. The fourth-order valence-electron chi connectivity index (χ4n) is 6.91. The van der Waals surface area contributed by atoms with E-state index in [9.17, 15) is 86.8 Å². The van der Waals surface area contributed by atoms with Crippen molar-refractivity contribution in [3.05, 3.63) is 0 Å². The first-order chi connectivity index (χ1) is 26.5. The lowest BCUT2D eigenvalue weighted by atomic mass is 9.95. The fourth-order valence-corrected chi connectivity index (χ4v) is 6.91. The second-order valence-electron chi connectivity index (χ2n) is 14.0.